The molecule has 2 saturated heterocycles. The number of para-hydroxylation sites is 1. The molecule has 2 aliphatic heterocycles. The first kappa shape index (κ1) is 22.9. The maximum absolute atomic E-state index is 13.3. The summed E-state index contributed by atoms with van der Waals surface area (Å²) in [5.41, 5.74) is 2.47. The average Bonchev–Trinajstić information content (AvgIpc) is 3.45. The highest BCUT2D eigenvalue weighted by Crippen LogP contribution is 2.36. The summed E-state index contributed by atoms with van der Waals surface area (Å²) in [7, 11) is 1.55. The Bertz CT molecular complexity index is 1290. The summed E-state index contributed by atoms with van der Waals surface area (Å²) in [6, 6.07) is 12.8. The Kier molecular flexibility index (Phi) is 6.17. The predicted octanol–water partition coefficient (Wildman–Crippen LogP) is 3.21. The van der Waals surface area contributed by atoms with Crippen LogP contribution in [0.4, 0.5) is 11.4 Å². The zero-order valence-electron chi connectivity index (χ0n) is 19.7. The molecular weight excluding hydrogens is 450 g/mol. The number of nitrogens with one attached hydrogen (secondary N) is 1. The van der Waals surface area contributed by atoms with E-state index in [2.05, 4.69) is 5.32 Å². The topological polar surface area (TPSA) is 101 Å². The summed E-state index contributed by atoms with van der Waals surface area (Å²) < 4.78 is 16.7. The van der Waals surface area contributed by atoms with Crippen LogP contribution in [0.1, 0.15) is 22.5 Å². The minimum Gasteiger partial charge on any atom is -0.495 e. The van der Waals surface area contributed by atoms with Gasteiger partial charge in [0, 0.05) is 31.4 Å². The number of methoxy groups -OCH3 is 1. The predicted molar refractivity (Wildman–Crippen MR) is 130 cm³/mol. The van der Waals surface area contributed by atoms with Crippen LogP contribution in [0.5, 0.6) is 5.75 Å². The number of hydrogen-bond donors (Lipinski definition) is 1. The lowest BCUT2D eigenvalue weighted by Crippen LogP contribution is -2.40. The first-order chi connectivity index (χ1) is 17.0. The van der Waals surface area contributed by atoms with Crippen LogP contribution in [-0.2, 0) is 14.3 Å². The van der Waals surface area contributed by atoms with Crippen molar-refractivity contribution in [3.05, 3.63) is 53.8 Å². The molecule has 182 valence electrons. The minimum absolute atomic E-state index is 0.0610. The summed E-state index contributed by atoms with van der Waals surface area (Å²) in [5.74, 6) is -0.723. The van der Waals surface area contributed by atoms with Gasteiger partial charge >= 0.3 is 0 Å². The summed E-state index contributed by atoms with van der Waals surface area (Å²) in [6.07, 6.45) is 0.0610. The Labute approximate surface area is 202 Å². The summed E-state index contributed by atoms with van der Waals surface area (Å²) in [5, 5.41) is 3.54. The molecule has 0 radical (unpaired) electrons. The smallest absolute Gasteiger partial charge is 0.291 e. The van der Waals surface area contributed by atoms with Gasteiger partial charge in [-0.05, 0) is 36.8 Å². The highest BCUT2D eigenvalue weighted by atomic mass is 16.5. The SMILES string of the molecule is COc1ccc(C)cc1N1CC(C(=O)Nc2c(C(=O)N3CCOCC3)oc3ccccc23)CC1=O. The molecular formula is C26H27N3O6. The molecule has 0 saturated carbocycles. The van der Waals surface area contributed by atoms with Crippen molar-refractivity contribution in [2.45, 2.75) is 13.3 Å². The van der Waals surface area contributed by atoms with E-state index in [1.807, 2.05) is 37.3 Å². The van der Waals surface area contributed by atoms with E-state index in [1.165, 1.54) is 0 Å². The van der Waals surface area contributed by atoms with Gasteiger partial charge in [-0.15, -0.1) is 0 Å². The fraction of sp³-hybridized carbons (Fsp3) is 0.346. The molecule has 0 spiro atoms. The number of morpholine rings is 1. The summed E-state index contributed by atoms with van der Waals surface area (Å²) >= 11 is 0. The van der Waals surface area contributed by atoms with Crippen LogP contribution < -0.4 is 15.0 Å². The number of benzene rings is 2. The number of carbonyl (C=O) groups is 3. The number of furan rings is 1. The molecule has 1 atom stereocenters. The molecule has 2 aliphatic rings. The van der Waals surface area contributed by atoms with Gasteiger partial charge in [0.25, 0.3) is 5.91 Å². The van der Waals surface area contributed by atoms with Crippen molar-refractivity contribution in [3.8, 4) is 5.75 Å². The number of anilines is 2. The Balaban J connectivity index is 1.41. The first-order valence-corrected chi connectivity index (χ1v) is 11.6. The average molecular weight is 478 g/mol. The van der Waals surface area contributed by atoms with Crippen LogP contribution in [0.2, 0.25) is 0 Å². The number of fused-ring (bicyclic) bond motifs is 1. The number of rotatable bonds is 5. The molecule has 35 heavy (non-hydrogen) atoms. The fourth-order valence-electron chi connectivity index (χ4n) is 4.58. The molecule has 0 aliphatic carbocycles. The largest absolute Gasteiger partial charge is 0.495 e. The van der Waals surface area contributed by atoms with Crippen LogP contribution in [0.25, 0.3) is 11.0 Å². The third kappa shape index (κ3) is 4.35. The van der Waals surface area contributed by atoms with E-state index >= 15 is 0 Å². The van der Waals surface area contributed by atoms with Crippen molar-refractivity contribution in [1.82, 2.24) is 4.90 Å². The molecule has 9 nitrogen and oxygen atoms in total. The molecule has 1 N–H and O–H groups in total. The Morgan fingerprint density at radius 1 is 1.11 bits per heavy atom. The normalized spacial score (nSPS) is 18.2. The lowest BCUT2D eigenvalue weighted by atomic mass is 10.1. The minimum atomic E-state index is -0.590. The zero-order chi connectivity index (χ0) is 24.5. The molecule has 3 amide bonds. The van der Waals surface area contributed by atoms with Crippen LogP contribution in [-0.4, -0.2) is 62.6 Å². The van der Waals surface area contributed by atoms with Crippen molar-refractivity contribution in [3.63, 3.8) is 0 Å². The molecule has 9 heteroatoms. The highest BCUT2D eigenvalue weighted by molar-refractivity contribution is 6.12. The second-order valence-electron chi connectivity index (χ2n) is 8.78. The van der Waals surface area contributed by atoms with Crippen molar-refractivity contribution < 1.29 is 28.3 Å². The molecule has 2 fully saturated rings. The Morgan fingerprint density at radius 2 is 1.89 bits per heavy atom. The van der Waals surface area contributed by atoms with Gasteiger partial charge in [0.05, 0.1) is 31.9 Å². The zero-order valence-corrected chi connectivity index (χ0v) is 19.7. The third-order valence-corrected chi connectivity index (χ3v) is 6.46. The van der Waals surface area contributed by atoms with Gasteiger partial charge in [0.2, 0.25) is 17.6 Å². The van der Waals surface area contributed by atoms with Crippen molar-refractivity contribution in [2.75, 3.05) is 50.2 Å². The Hall–Kier alpha value is -3.85. The van der Waals surface area contributed by atoms with Gasteiger partial charge < -0.3 is 29.0 Å². The van der Waals surface area contributed by atoms with Gasteiger partial charge in [-0.3, -0.25) is 14.4 Å². The lowest BCUT2D eigenvalue weighted by Gasteiger charge is -2.26. The third-order valence-electron chi connectivity index (χ3n) is 6.46. The number of ether oxygens (including phenoxy) is 2. The van der Waals surface area contributed by atoms with E-state index in [1.54, 1.807) is 29.0 Å². The number of nitrogens with zero attached hydrogens (tertiary/aromatic N) is 2. The molecule has 3 heterocycles. The van der Waals surface area contributed by atoms with Crippen LogP contribution in [0, 0.1) is 12.8 Å². The highest BCUT2D eigenvalue weighted by Gasteiger charge is 2.37. The monoisotopic (exact) mass is 477 g/mol. The van der Waals surface area contributed by atoms with Crippen LogP contribution >= 0.6 is 0 Å². The maximum atomic E-state index is 13.3. The number of aryl methyl sites for hydroxylation is 1. The van der Waals surface area contributed by atoms with Gasteiger partial charge in [0.1, 0.15) is 17.0 Å². The number of amides is 3. The molecule has 1 aromatic heterocycles. The number of hydrogen-bond acceptors (Lipinski definition) is 6. The van der Waals surface area contributed by atoms with E-state index in [4.69, 9.17) is 13.9 Å². The van der Waals surface area contributed by atoms with E-state index in [9.17, 15) is 14.4 Å². The van der Waals surface area contributed by atoms with E-state index < -0.39 is 5.92 Å². The molecule has 5 rings (SSSR count). The first-order valence-electron chi connectivity index (χ1n) is 11.6. The lowest BCUT2D eigenvalue weighted by molar-refractivity contribution is -0.122. The van der Waals surface area contributed by atoms with E-state index in [-0.39, 0.29) is 36.4 Å². The van der Waals surface area contributed by atoms with Gasteiger partial charge in [-0.25, -0.2) is 0 Å². The Morgan fingerprint density at radius 3 is 2.66 bits per heavy atom. The van der Waals surface area contributed by atoms with Crippen LogP contribution in [0.3, 0.4) is 0 Å². The summed E-state index contributed by atoms with van der Waals surface area (Å²) in [4.78, 5) is 42.7. The molecule has 0 bridgehead atoms. The molecule has 2 aromatic carbocycles. The second-order valence-corrected chi connectivity index (χ2v) is 8.78. The van der Waals surface area contributed by atoms with Gasteiger partial charge in [0.15, 0.2) is 0 Å². The van der Waals surface area contributed by atoms with Gasteiger partial charge in [-0.1, -0.05) is 18.2 Å². The maximum Gasteiger partial charge on any atom is 0.291 e. The quantitative estimate of drug-likeness (QED) is 0.606. The fourth-order valence-corrected chi connectivity index (χ4v) is 4.58. The van der Waals surface area contributed by atoms with E-state index in [0.717, 1.165) is 5.56 Å². The van der Waals surface area contributed by atoms with Crippen LogP contribution in [0.15, 0.2) is 46.9 Å². The molecule has 3 aromatic rings. The van der Waals surface area contributed by atoms with E-state index in [0.29, 0.717) is 54.4 Å². The second kappa shape index (κ2) is 9.42. The van der Waals surface area contributed by atoms with Gasteiger partial charge in [-0.2, -0.15) is 0 Å². The molecule has 1 unspecified atom stereocenters. The number of carbonyl (C=O) groups excluding carboxylic acids is 3. The standard InChI is InChI=1S/C26H27N3O6/c1-16-7-8-21(33-2)19(13-16)29-15-17(14-22(29)30)25(31)27-23-18-5-3-4-6-20(18)35-24(23)26(32)28-9-11-34-12-10-28/h3-8,13,17H,9-12,14-15H2,1-2H3,(H,27,31). The van der Waals surface area contributed by atoms with Crippen molar-refractivity contribution in [2.24, 2.45) is 5.92 Å². The summed E-state index contributed by atoms with van der Waals surface area (Å²) in [6.45, 7) is 3.96. The van der Waals surface area contributed by atoms with Crippen molar-refractivity contribution >= 4 is 40.1 Å². The van der Waals surface area contributed by atoms with Crippen molar-refractivity contribution in [1.29, 1.82) is 0 Å².